The molecule has 8 nitrogen and oxygen atoms in total. The van der Waals surface area contributed by atoms with Gasteiger partial charge in [-0.05, 0) is 19.1 Å². The summed E-state index contributed by atoms with van der Waals surface area (Å²) in [5, 5.41) is 3.58. The zero-order valence-corrected chi connectivity index (χ0v) is 14.6. The van der Waals surface area contributed by atoms with Gasteiger partial charge >= 0.3 is 0 Å². The van der Waals surface area contributed by atoms with Gasteiger partial charge in [0.05, 0.1) is 26.1 Å². The van der Waals surface area contributed by atoms with Crippen LogP contribution in [0.5, 0.6) is 11.5 Å². The summed E-state index contributed by atoms with van der Waals surface area (Å²) in [6, 6.07) is 7.77. The highest BCUT2D eigenvalue weighted by molar-refractivity contribution is 7.92. The van der Waals surface area contributed by atoms with E-state index in [9.17, 15) is 8.42 Å². The molecule has 0 atom stereocenters. The van der Waals surface area contributed by atoms with Crippen molar-refractivity contribution in [2.24, 2.45) is 0 Å². The third kappa shape index (κ3) is 3.31. The summed E-state index contributed by atoms with van der Waals surface area (Å²) in [5.41, 5.74) is 0.253. The molecule has 0 aliphatic carbocycles. The molecule has 0 saturated heterocycles. The van der Waals surface area contributed by atoms with Crippen LogP contribution >= 0.6 is 0 Å². The van der Waals surface area contributed by atoms with E-state index in [1.165, 1.54) is 32.5 Å². The summed E-state index contributed by atoms with van der Waals surface area (Å²) in [4.78, 5) is -0.0104. The Bertz CT molecular complexity index is 976. The molecule has 1 aromatic carbocycles. The Morgan fingerprint density at radius 1 is 1.08 bits per heavy atom. The number of methoxy groups -OCH3 is 2. The molecule has 0 aliphatic heterocycles. The summed E-state index contributed by atoms with van der Waals surface area (Å²) >= 11 is 0. The van der Waals surface area contributed by atoms with Crippen LogP contribution in [-0.2, 0) is 10.0 Å². The van der Waals surface area contributed by atoms with Crippen molar-refractivity contribution in [3.63, 3.8) is 0 Å². The number of hydrogen-bond donors (Lipinski definition) is 1. The van der Waals surface area contributed by atoms with Crippen LogP contribution in [0.2, 0.25) is 0 Å². The predicted octanol–water partition coefficient (Wildman–Crippen LogP) is 3.06. The Morgan fingerprint density at radius 2 is 1.88 bits per heavy atom. The SMILES string of the molecule is COc1ccc(OC)c(NS(=O)(=O)c2cc(-c3ccno3)oc2C)c1. The number of furan rings is 1. The number of aryl methyl sites for hydroxylation is 1. The number of aromatic nitrogens is 1. The lowest BCUT2D eigenvalue weighted by Gasteiger charge is -2.12. The van der Waals surface area contributed by atoms with E-state index < -0.39 is 10.0 Å². The fourth-order valence-corrected chi connectivity index (χ4v) is 3.53. The standard InChI is InChI=1S/C16H16N2O6S/c1-10-16(9-15(23-10)14-6-7-17-24-14)25(19,20)18-12-8-11(21-2)4-5-13(12)22-3/h4-9,18H,1-3H3. The van der Waals surface area contributed by atoms with Gasteiger partial charge in [0.1, 0.15) is 22.2 Å². The van der Waals surface area contributed by atoms with Crippen molar-refractivity contribution in [2.75, 3.05) is 18.9 Å². The smallest absolute Gasteiger partial charge is 0.265 e. The summed E-state index contributed by atoms with van der Waals surface area (Å²) in [6.07, 6.45) is 1.45. The quantitative estimate of drug-likeness (QED) is 0.717. The topological polar surface area (TPSA) is 104 Å². The highest BCUT2D eigenvalue weighted by Gasteiger charge is 2.24. The van der Waals surface area contributed by atoms with E-state index >= 15 is 0 Å². The maximum atomic E-state index is 12.8. The summed E-state index contributed by atoms with van der Waals surface area (Å²) in [5.74, 6) is 1.68. The maximum absolute atomic E-state index is 12.8. The molecule has 9 heteroatoms. The minimum atomic E-state index is -3.91. The number of hydrogen-bond acceptors (Lipinski definition) is 7. The maximum Gasteiger partial charge on any atom is 0.265 e. The molecule has 0 fully saturated rings. The minimum absolute atomic E-state index is 0.0104. The van der Waals surface area contributed by atoms with Crippen molar-refractivity contribution in [1.82, 2.24) is 5.16 Å². The largest absolute Gasteiger partial charge is 0.497 e. The Labute approximate surface area is 144 Å². The Balaban J connectivity index is 1.98. The lowest BCUT2D eigenvalue weighted by molar-refractivity contribution is 0.405. The van der Waals surface area contributed by atoms with Gasteiger partial charge in [0.15, 0.2) is 5.76 Å². The van der Waals surface area contributed by atoms with Gasteiger partial charge in [-0.3, -0.25) is 4.72 Å². The summed E-state index contributed by atoms with van der Waals surface area (Å²) in [7, 11) is -0.974. The van der Waals surface area contributed by atoms with Crippen molar-refractivity contribution < 1.29 is 26.8 Å². The van der Waals surface area contributed by atoms with Crippen LogP contribution in [0.25, 0.3) is 11.5 Å². The van der Waals surface area contributed by atoms with Gasteiger partial charge in [-0.25, -0.2) is 8.42 Å². The number of sulfonamides is 1. The molecule has 2 aromatic heterocycles. The van der Waals surface area contributed by atoms with Crippen molar-refractivity contribution in [2.45, 2.75) is 11.8 Å². The molecular formula is C16H16N2O6S. The second-order valence-corrected chi connectivity index (χ2v) is 6.73. The fourth-order valence-electron chi connectivity index (χ4n) is 2.29. The van der Waals surface area contributed by atoms with E-state index in [0.29, 0.717) is 17.3 Å². The highest BCUT2D eigenvalue weighted by Crippen LogP contribution is 2.33. The first-order valence-corrected chi connectivity index (χ1v) is 8.69. The number of ether oxygens (including phenoxy) is 2. The first-order chi connectivity index (χ1) is 11.9. The molecule has 1 N–H and O–H groups in total. The van der Waals surface area contributed by atoms with Gasteiger partial charge in [-0.2, -0.15) is 0 Å². The number of nitrogens with zero attached hydrogens (tertiary/aromatic N) is 1. The minimum Gasteiger partial charge on any atom is -0.497 e. The molecule has 0 amide bonds. The second kappa shape index (κ2) is 6.52. The molecule has 132 valence electrons. The predicted molar refractivity (Wildman–Crippen MR) is 89.3 cm³/mol. The normalized spacial score (nSPS) is 11.3. The monoisotopic (exact) mass is 364 g/mol. The average Bonchev–Trinajstić information content (AvgIpc) is 3.23. The lowest BCUT2D eigenvalue weighted by atomic mass is 10.3. The van der Waals surface area contributed by atoms with Gasteiger partial charge < -0.3 is 18.4 Å². The second-order valence-electron chi connectivity index (χ2n) is 5.08. The molecule has 3 rings (SSSR count). The van der Waals surface area contributed by atoms with Crippen LogP contribution in [0, 0.1) is 6.92 Å². The van der Waals surface area contributed by atoms with E-state index in [1.54, 1.807) is 25.1 Å². The van der Waals surface area contributed by atoms with Crippen LogP contribution in [0.4, 0.5) is 5.69 Å². The van der Waals surface area contributed by atoms with E-state index in [1.807, 2.05) is 0 Å². The molecule has 0 unspecified atom stereocenters. The molecule has 2 heterocycles. The summed E-state index contributed by atoms with van der Waals surface area (Å²) in [6.45, 7) is 1.55. The lowest BCUT2D eigenvalue weighted by Crippen LogP contribution is -2.14. The Hall–Kier alpha value is -2.94. The van der Waals surface area contributed by atoms with Crippen LogP contribution < -0.4 is 14.2 Å². The van der Waals surface area contributed by atoms with E-state index in [4.69, 9.17) is 18.4 Å². The van der Waals surface area contributed by atoms with Crippen LogP contribution in [-0.4, -0.2) is 27.8 Å². The molecule has 0 spiro atoms. The van der Waals surface area contributed by atoms with Crippen molar-refractivity contribution in [3.8, 4) is 23.0 Å². The van der Waals surface area contributed by atoms with Gasteiger partial charge in [-0.1, -0.05) is 5.16 Å². The highest BCUT2D eigenvalue weighted by atomic mass is 32.2. The average molecular weight is 364 g/mol. The molecule has 0 bridgehead atoms. The molecule has 0 radical (unpaired) electrons. The van der Waals surface area contributed by atoms with Gasteiger partial charge in [0.2, 0.25) is 5.76 Å². The molecule has 3 aromatic rings. The van der Waals surface area contributed by atoms with Gasteiger partial charge in [-0.15, -0.1) is 0 Å². The molecule has 0 aliphatic rings. The van der Waals surface area contributed by atoms with Crippen molar-refractivity contribution >= 4 is 15.7 Å². The Morgan fingerprint density at radius 3 is 2.52 bits per heavy atom. The van der Waals surface area contributed by atoms with Crippen molar-refractivity contribution in [1.29, 1.82) is 0 Å². The third-order valence-corrected chi connectivity index (χ3v) is 4.97. The number of nitrogens with one attached hydrogen (secondary N) is 1. The first-order valence-electron chi connectivity index (χ1n) is 7.21. The molecule has 0 saturated carbocycles. The van der Waals surface area contributed by atoms with Crippen LogP contribution in [0.1, 0.15) is 5.76 Å². The molecule has 25 heavy (non-hydrogen) atoms. The van der Waals surface area contributed by atoms with Gasteiger partial charge in [0.25, 0.3) is 10.0 Å². The van der Waals surface area contributed by atoms with Crippen LogP contribution in [0.15, 0.2) is 50.4 Å². The van der Waals surface area contributed by atoms with E-state index in [2.05, 4.69) is 9.88 Å². The number of anilines is 1. The van der Waals surface area contributed by atoms with E-state index in [0.717, 1.165) is 0 Å². The zero-order valence-electron chi connectivity index (χ0n) is 13.8. The Kier molecular flexibility index (Phi) is 4.41. The number of rotatable bonds is 6. The third-order valence-electron chi connectivity index (χ3n) is 3.49. The van der Waals surface area contributed by atoms with Crippen LogP contribution in [0.3, 0.4) is 0 Å². The fraction of sp³-hybridized carbons (Fsp3) is 0.188. The van der Waals surface area contributed by atoms with Gasteiger partial charge in [0, 0.05) is 18.2 Å². The van der Waals surface area contributed by atoms with Crippen molar-refractivity contribution in [3.05, 3.63) is 42.3 Å². The number of benzene rings is 1. The zero-order chi connectivity index (χ0) is 18.0. The summed E-state index contributed by atoms with van der Waals surface area (Å²) < 4.78 is 48.8. The van der Waals surface area contributed by atoms with E-state index in [-0.39, 0.29) is 22.1 Å². The molecular weight excluding hydrogens is 348 g/mol. The first kappa shape index (κ1) is 16.9.